The monoisotopic (exact) mass is 279 g/mol. The SMILES string of the molecule is COC(C)(C)CC(C)NC1CCSc2ccccc21. The third kappa shape index (κ3) is 3.98. The second-order valence-electron chi connectivity index (χ2n) is 5.96. The summed E-state index contributed by atoms with van der Waals surface area (Å²) in [5, 5.41) is 3.77. The number of benzene rings is 1. The van der Waals surface area contributed by atoms with Crippen LogP contribution in [0.15, 0.2) is 29.2 Å². The van der Waals surface area contributed by atoms with Crippen LogP contribution in [0.3, 0.4) is 0 Å². The van der Waals surface area contributed by atoms with Crippen LogP contribution in [-0.4, -0.2) is 24.5 Å². The van der Waals surface area contributed by atoms with E-state index in [1.165, 1.54) is 22.6 Å². The van der Waals surface area contributed by atoms with Crippen LogP contribution in [0.4, 0.5) is 0 Å². The fourth-order valence-electron chi connectivity index (χ4n) is 2.74. The molecule has 0 saturated carbocycles. The van der Waals surface area contributed by atoms with E-state index in [2.05, 4.69) is 50.4 Å². The van der Waals surface area contributed by atoms with Gasteiger partial charge in [-0.2, -0.15) is 0 Å². The second kappa shape index (κ2) is 6.29. The van der Waals surface area contributed by atoms with Crippen molar-refractivity contribution >= 4 is 11.8 Å². The second-order valence-corrected chi connectivity index (χ2v) is 7.10. The Hall–Kier alpha value is -0.510. The molecular weight excluding hydrogens is 254 g/mol. The Labute approximate surface area is 121 Å². The highest BCUT2D eigenvalue weighted by atomic mass is 32.2. The maximum atomic E-state index is 5.52. The molecule has 0 spiro atoms. The fourth-order valence-corrected chi connectivity index (χ4v) is 3.86. The largest absolute Gasteiger partial charge is 0.379 e. The number of nitrogens with one attached hydrogen (secondary N) is 1. The average molecular weight is 279 g/mol. The van der Waals surface area contributed by atoms with E-state index in [-0.39, 0.29) is 5.60 Å². The summed E-state index contributed by atoms with van der Waals surface area (Å²) in [7, 11) is 1.79. The van der Waals surface area contributed by atoms with E-state index >= 15 is 0 Å². The fraction of sp³-hybridized carbons (Fsp3) is 0.625. The number of hydrogen-bond donors (Lipinski definition) is 1. The molecule has 1 N–H and O–H groups in total. The summed E-state index contributed by atoms with van der Waals surface area (Å²) in [5.41, 5.74) is 1.40. The molecule has 1 aliphatic heterocycles. The summed E-state index contributed by atoms with van der Waals surface area (Å²) < 4.78 is 5.52. The van der Waals surface area contributed by atoms with Gasteiger partial charge < -0.3 is 10.1 Å². The molecule has 0 bridgehead atoms. The van der Waals surface area contributed by atoms with Crippen LogP contribution in [0, 0.1) is 0 Å². The van der Waals surface area contributed by atoms with Crippen LogP contribution < -0.4 is 5.32 Å². The van der Waals surface area contributed by atoms with E-state index in [1.54, 1.807) is 7.11 Å². The molecule has 1 aromatic carbocycles. The molecule has 2 atom stereocenters. The molecule has 0 fully saturated rings. The Morgan fingerprint density at radius 1 is 1.42 bits per heavy atom. The lowest BCUT2D eigenvalue weighted by Crippen LogP contribution is -2.38. The Bertz CT molecular complexity index is 419. The van der Waals surface area contributed by atoms with Crippen LogP contribution in [0.25, 0.3) is 0 Å². The molecule has 0 aliphatic carbocycles. The lowest BCUT2D eigenvalue weighted by molar-refractivity contribution is 0.00758. The van der Waals surface area contributed by atoms with Gasteiger partial charge in [0.1, 0.15) is 0 Å². The van der Waals surface area contributed by atoms with Gasteiger partial charge in [0.15, 0.2) is 0 Å². The van der Waals surface area contributed by atoms with Crippen molar-refractivity contribution in [2.75, 3.05) is 12.9 Å². The van der Waals surface area contributed by atoms with Gasteiger partial charge in [-0.05, 0) is 51.0 Å². The summed E-state index contributed by atoms with van der Waals surface area (Å²) in [5.74, 6) is 1.20. The number of thioether (sulfide) groups is 1. The van der Waals surface area contributed by atoms with Crippen molar-refractivity contribution in [1.29, 1.82) is 0 Å². The number of methoxy groups -OCH3 is 1. The zero-order valence-electron chi connectivity index (χ0n) is 12.4. The molecule has 106 valence electrons. The van der Waals surface area contributed by atoms with Crippen molar-refractivity contribution in [2.45, 2.75) is 56.2 Å². The first-order valence-corrected chi connectivity index (χ1v) is 8.03. The van der Waals surface area contributed by atoms with Crippen LogP contribution in [0.2, 0.25) is 0 Å². The van der Waals surface area contributed by atoms with Gasteiger partial charge in [0, 0.05) is 24.1 Å². The maximum absolute atomic E-state index is 5.52. The van der Waals surface area contributed by atoms with Gasteiger partial charge in [-0.15, -0.1) is 11.8 Å². The third-order valence-corrected chi connectivity index (χ3v) is 4.92. The Morgan fingerprint density at radius 3 is 2.89 bits per heavy atom. The van der Waals surface area contributed by atoms with E-state index in [0.29, 0.717) is 12.1 Å². The van der Waals surface area contributed by atoms with Gasteiger partial charge in [0.05, 0.1) is 5.60 Å². The van der Waals surface area contributed by atoms with Crippen molar-refractivity contribution in [3.05, 3.63) is 29.8 Å². The molecule has 0 radical (unpaired) electrons. The predicted molar refractivity (Wildman–Crippen MR) is 82.8 cm³/mol. The summed E-state index contributed by atoms with van der Waals surface area (Å²) >= 11 is 1.97. The summed E-state index contributed by atoms with van der Waals surface area (Å²) in [6.45, 7) is 6.55. The van der Waals surface area contributed by atoms with Gasteiger partial charge in [0.25, 0.3) is 0 Å². The molecule has 3 heteroatoms. The lowest BCUT2D eigenvalue weighted by atomic mass is 9.97. The van der Waals surface area contributed by atoms with Gasteiger partial charge >= 0.3 is 0 Å². The highest BCUT2D eigenvalue weighted by molar-refractivity contribution is 7.99. The van der Waals surface area contributed by atoms with Gasteiger partial charge in [-0.25, -0.2) is 0 Å². The van der Waals surface area contributed by atoms with Crippen LogP contribution in [-0.2, 0) is 4.74 Å². The minimum absolute atomic E-state index is 0.0602. The van der Waals surface area contributed by atoms with Crippen LogP contribution in [0.5, 0.6) is 0 Å². The maximum Gasteiger partial charge on any atom is 0.0637 e. The zero-order chi connectivity index (χ0) is 13.9. The Kier molecular flexibility index (Phi) is 4.93. The van der Waals surface area contributed by atoms with Crippen molar-refractivity contribution in [3.63, 3.8) is 0 Å². The van der Waals surface area contributed by atoms with Gasteiger partial charge in [0.2, 0.25) is 0 Å². The van der Waals surface area contributed by atoms with Crippen LogP contribution >= 0.6 is 11.8 Å². The summed E-state index contributed by atoms with van der Waals surface area (Å²) in [6.07, 6.45) is 2.23. The molecule has 0 saturated heterocycles. The molecule has 0 amide bonds. The predicted octanol–water partition coefficient (Wildman–Crippen LogP) is 4.02. The topological polar surface area (TPSA) is 21.3 Å². The first-order chi connectivity index (χ1) is 9.02. The number of ether oxygens (including phenoxy) is 1. The Balaban J connectivity index is 2.01. The quantitative estimate of drug-likeness (QED) is 0.879. The van der Waals surface area contributed by atoms with Gasteiger partial charge in [-0.1, -0.05) is 18.2 Å². The first-order valence-electron chi connectivity index (χ1n) is 7.05. The molecule has 2 unspecified atom stereocenters. The summed E-state index contributed by atoms with van der Waals surface area (Å²) in [6, 6.07) is 9.70. The molecule has 0 aromatic heterocycles. The Morgan fingerprint density at radius 2 is 2.16 bits per heavy atom. The summed E-state index contributed by atoms with van der Waals surface area (Å²) in [4.78, 5) is 1.43. The average Bonchev–Trinajstić information content (AvgIpc) is 2.38. The highest BCUT2D eigenvalue weighted by Crippen LogP contribution is 2.36. The minimum atomic E-state index is -0.0602. The van der Waals surface area contributed by atoms with E-state index < -0.39 is 0 Å². The minimum Gasteiger partial charge on any atom is -0.379 e. The van der Waals surface area contributed by atoms with Crippen LogP contribution in [0.1, 0.15) is 45.2 Å². The van der Waals surface area contributed by atoms with Crippen molar-refractivity contribution < 1.29 is 4.74 Å². The number of fused-ring (bicyclic) bond motifs is 1. The molecule has 1 aliphatic rings. The lowest BCUT2D eigenvalue weighted by Gasteiger charge is -2.32. The molecule has 19 heavy (non-hydrogen) atoms. The van der Waals surface area contributed by atoms with E-state index in [1.807, 2.05) is 11.8 Å². The molecule has 1 heterocycles. The molecule has 2 nitrogen and oxygen atoms in total. The first kappa shape index (κ1) is 14.9. The highest BCUT2D eigenvalue weighted by Gasteiger charge is 2.25. The van der Waals surface area contributed by atoms with E-state index in [4.69, 9.17) is 4.74 Å². The molecular formula is C16H25NOS. The third-order valence-electron chi connectivity index (χ3n) is 3.79. The number of rotatable bonds is 5. The zero-order valence-corrected chi connectivity index (χ0v) is 13.2. The van der Waals surface area contributed by atoms with Crippen molar-refractivity contribution in [2.24, 2.45) is 0 Å². The smallest absolute Gasteiger partial charge is 0.0637 e. The van der Waals surface area contributed by atoms with Crippen molar-refractivity contribution in [3.8, 4) is 0 Å². The number of hydrogen-bond acceptors (Lipinski definition) is 3. The normalized spacial score (nSPS) is 20.9. The van der Waals surface area contributed by atoms with E-state index in [0.717, 1.165) is 6.42 Å². The molecule has 2 rings (SSSR count). The van der Waals surface area contributed by atoms with E-state index in [9.17, 15) is 0 Å². The van der Waals surface area contributed by atoms with Gasteiger partial charge in [-0.3, -0.25) is 0 Å². The van der Waals surface area contributed by atoms with Crippen molar-refractivity contribution in [1.82, 2.24) is 5.32 Å². The molecule has 1 aromatic rings. The standard InChI is InChI=1S/C16H25NOS/c1-12(11-16(2,3)18-4)17-14-9-10-19-15-8-6-5-7-13(14)15/h5-8,12,14,17H,9-11H2,1-4H3.